The zero-order valence-electron chi connectivity index (χ0n) is 10.1. The molecule has 6 heteroatoms. The van der Waals surface area contributed by atoms with Crippen molar-refractivity contribution in [2.45, 2.75) is 6.92 Å². The summed E-state index contributed by atoms with van der Waals surface area (Å²) in [7, 11) is 0. The number of anilines is 2. The van der Waals surface area contributed by atoms with Crippen molar-refractivity contribution >= 4 is 33.2 Å². The molecule has 0 saturated carbocycles. The quantitative estimate of drug-likeness (QED) is 0.772. The number of thiazole rings is 1. The van der Waals surface area contributed by atoms with Gasteiger partial charge in [-0.2, -0.15) is 5.26 Å². The number of nitrogens with zero attached hydrogens (tertiary/aromatic N) is 4. The van der Waals surface area contributed by atoms with Gasteiger partial charge in [-0.3, -0.25) is 0 Å². The van der Waals surface area contributed by atoms with Gasteiger partial charge < -0.3 is 5.32 Å². The van der Waals surface area contributed by atoms with E-state index in [1.165, 1.54) is 0 Å². The normalized spacial score (nSPS) is 10.3. The fourth-order valence-electron chi connectivity index (χ4n) is 1.73. The van der Waals surface area contributed by atoms with Crippen LogP contribution in [-0.4, -0.2) is 15.0 Å². The number of benzene rings is 1. The second kappa shape index (κ2) is 4.63. The Morgan fingerprint density at radius 2 is 2.16 bits per heavy atom. The third-order valence-corrected chi connectivity index (χ3v) is 3.47. The van der Waals surface area contributed by atoms with E-state index in [9.17, 15) is 0 Å². The van der Waals surface area contributed by atoms with Crippen molar-refractivity contribution in [2.24, 2.45) is 0 Å². The molecule has 92 valence electrons. The molecule has 0 bridgehead atoms. The van der Waals surface area contributed by atoms with Crippen molar-refractivity contribution in [1.82, 2.24) is 15.0 Å². The molecule has 0 aliphatic rings. The summed E-state index contributed by atoms with van der Waals surface area (Å²) in [6.45, 7) is 1.98. The third-order valence-electron chi connectivity index (χ3n) is 2.52. The van der Waals surface area contributed by atoms with Crippen LogP contribution in [0.25, 0.3) is 10.2 Å². The predicted octanol–water partition coefficient (Wildman–Crippen LogP) is 3.01. The standard InChI is InChI=1S/C13H9N5S/c1-8-16-11-6-9(2-3-12(11)19-8)17-13-15-5-4-10(7-14)18-13/h2-6H,1H3,(H,15,17,18). The first-order chi connectivity index (χ1) is 9.24. The number of hydrogen-bond acceptors (Lipinski definition) is 6. The minimum Gasteiger partial charge on any atom is -0.324 e. The number of aryl methyl sites for hydroxylation is 1. The maximum absolute atomic E-state index is 8.80. The fourth-order valence-corrected chi connectivity index (χ4v) is 2.54. The van der Waals surface area contributed by atoms with E-state index >= 15 is 0 Å². The molecule has 2 aromatic heterocycles. The topological polar surface area (TPSA) is 74.5 Å². The van der Waals surface area contributed by atoms with Crippen LogP contribution in [0.1, 0.15) is 10.7 Å². The van der Waals surface area contributed by atoms with Crippen LogP contribution in [0.2, 0.25) is 0 Å². The molecular formula is C13H9N5S. The van der Waals surface area contributed by atoms with Gasteiger partial charge >= 0.3 is 0 Å². The monoisotopic (exact) mass is 267 g/mol. The van der Waals surface area contributed by atoms with Crippen molar-refractivity contribution in [3.05, 3.63) is 41.2 Å². The molecule has 0 saturated heterocycles. The molecule has 0 unspecified atom stereocenters. The van der Waals surface area contributed by atoms with Gasteiger partial charge in [-0.15, -0.1) is 11.3 Å². The van der Waals surface area contributed by atoms with E-state index in [4.69, 9.17) is 5.26 Å². The highest BCUT2D eigenvalue weighted by molar-refractivity contribution is 7.18. The van der Waals surface area contributed by atoms with Gasteiger partial charge in [0.2, 0.25) is 5.95 Å². The van der Waals surface area contributed by atoms with E-state index in [0.717, 1.165) is 20.9 Å². The van der Waals surface area contributed by atoms with Gasteiger partial charge in [-0.1, -0.05) is 0 Å². The molecule has 0 atom stereocenters. The molecule has 1 aromatic carbocycles. The Bertz CT molecular complexity index is 787. The molecule has 0 aliphatic heterocycles. The highest BCUT2D eigenvalue weighted by Crippen LogP contribution is 2.25. The van der Waals surface area contributed by atoms with Crippen molar-refractivity contribution < 1.29 is 0 Å². The molecule has 2 heterocycles. The van der Waals surface area contributed by atoms with E-state index in [0.29, 0.717) is 11.6 Å². The Kier molecular flexibility index (Phi) is 2.82. The van der Waals surface area contributed by atoms with Crippen LogP contribution < -0.4 is 5.32 Å². The van der Waals surface area contributed by atoms with Gasteiger partial charge in [0.15, 0.2) is 0 Å². The van der Waals surface area contributed by atoms with E-state index in [1.807, 2.05) is 31.2 Å². The average molecular weight is 267 g/mol. The van der Waals surface area contributed by atoms with Crippen LogP contribution in [0.15, 0.2) is 30.5 Å². The molecule has 0 radical (unpaired) electrons. The maximum atomic E-state index is 8.80. The van der Waals surface area contributed by atoms with Crippen LogP contribution in [0.5, 0.6) is 0 Å². The average Bonchev–Trinajstić information content (AvgIpc) is 2.78. The molecule has 1 N–H and O–H groups in total. The lowest BCUT2D eigenvalue weighted by Gasteiger charge is -2.03. The molecule has 0 amide bonds. The summed E-state index contributed by atoms with van der Waals surface area (Å²) in [6.07, 6.45) is 1.55. The second-order valence-corrected chi connectivity index (χ2v) is 5.15. The van der Waals surface area contributed by atoms with Gasteiger partial charge in [0.05, 0.1) is 15.2 Å². The first-order valence-corrected chi connectivity index (χ1v) is 6.43. The van der Waals surface area contributed by atoms with Crippen LogP contribution >= 0.6 is 11.3 Å². The van der Waals surface area contributed by atoms with Gasteiger partial charge in [0, 0.05) is 11.9 Å². The first-order valence-electron chi connectivity index (χ1n) is 5.62. The Labute approximate surface area is 113 Å². The Hall–Kier alpha value is -2.52. The summed E-state index contributed by atoms with van der Waals surface area (Å²) in [5.41, 5.74) is 2.14. The van der Waals surface area contributed by atoms with Crippen molar-refractivity contribution in [1.29, 1.82) is 5.26 Å². The summed E-state index contributed by atoms with van der Waals surface area (Å²) >= 11 is 1.66. The third kappa shape index (κ3) is 2.37. The number of hydrogen-bond donors (Lipinski definition) is 1. The summed E-state index contributed by atoms with van der Waals surface area (Å²) in [5, 5.41) is 12.9. The number of rotatable bonds is 2. The lowest BCUT2D eigenvalue weighted by Crippen LogP contribution is -1.97. The Balaban J connectivity index is 1.94. The van der Waals surface area contributed by atoms with Gasteiger partial charge in [0.1, 0.15) is 11.8 Å². The lowest BCUT2D eigenvalue weighted by atomic mass is 10.3. The summed E-state index contributed by atoms with van der Waals surface area (Å²) in [4.78, 5) is 12.6. The van der Waals surface area contributed by atoms with Gasteiger partial charge in [-0.05, 0) is 31.2 Å². The summed E-state index contributed by atoms with van der Waals surface area (Å²) in [5.74, 6) is 0.408. The van der Waals surface area contributed by atoms with Crippen molar-refractivity contribution in [2.75, 3.05) is 5.32 Å². The lowest BCUT2D eigenvalue weighted by molar-refractivity contribution is 1.14. The van der Waals surface area contributed by atoms with Crippen LogP contribution in [0.4, 0.5) is 11.6 Å². The first kappa shape index (κ1) is 11.6. The van der Waals surface area contributed by atoms with Crippen molar-refractivity contribution in [3.8, 4) is 6.07 Å². The molecule has 0 fully saturated rings. The zero-order valence-corrected chi connectivity index (χ0v) is 10.9. The second-order valence-electron chi connectivity index (χ2n) is 3.92. The summed E-state index contributed by atoms with van der Waals surface area (Å²) in [6, 6.07) is 9.45. The SMILES string of the molecule is Cc1nc2cc(Nc3nccc(C#N)n3)ccc2s1. The van der Waals surface area contributed by atoms with Gasteiger partial charge in [-0.25, -0.2) is 15.0 Å². The molecule has 0 aliphatic carbocycles. The Morgan fingerprint density at radius 3 is 3.00 bits per heavy atom. The van der Waals surface area contributed by atoms with Crippen LogP contribution in [0.3, 0.4) is 0 Å². The largest absolute Gasteiger partial charge is 0.324 e. The number of nitriles is 1. The highest BCUT2D eigenvalue weighted by atomic mass is 32.1. The smallest absolute Gasteiger partial charge is 0.228 e. The van der Waals surface area contributed by atoms with E-state index in [2.05, 4.69) is 20.3 Å². The van der Waals surface area contributed by atoms with Gasteiger partial charge in [0.25, 0.3) is 0 Å². The minimum atomic E-state index is 0.336. The molecule has 3 aromatic rings. The number of fused-ring (bicyclic) bond motifs is 1. The number of aromatic nitrogens is 3. The van der Waals surface area contributed by atoms with E-state index in [1.54, 1.807) is 23.6 Å². The predicted molar refractivity (Wildman–Crippen MR) is 74.4 cm³/mol. The van der Waals surface area contributed by atoms with Crippen LogP contribution in [-0.2, 0) is 0 Å². The van der Waals surface area contributed by atoms with Crippen molar-refractivity contribution in [3.63, 3.8) is 0 Å². The van der Waals surface area contributed by atoms with E-state index < -0.39 is 0 Å². The maximum Gasteiger partial charge on any atom is 0.228 e. The molecular weight excluding hydrogens is 258 g/mol. The van der Waals surface area contributed by atoms with E-state index in [-0.39, 0.29) is 0 Å². The molecule has 0 spiro atoms. The Morgan fingerprint density at radius 1 is 1.26 bits per heavy atom. The fraction of sp³-hybridized carbons (Fsp3) is 0.0769. The minimum absolute atomic E-state index is 0.336. The molecule has 3 rings (SSSR count). The molecule has 19 heavy (non-hydrogen) atoms. The summed E-state index contributed by atoms with van der Waals surface area (Å²) < 4.78 is 1.15. The molecule has 5 nitrogen and oxygen atoms in total. The highest BCUT2D eigenvalue weighted by Gasteiger charge is 2.03. The number of nitrogens with one attached hydrogen (secondary N) is 1. The van der Waals surface area contributed by atoms with Crippen LogP contribution in [0, 0.1) is 18.3 Å². The zero-order chi connectivity index (χ0) is 13.2.